The predicted octanol–water partition coefficient (Wildman–Crippen LogP) is 2.62. The summed E-state index contributed by atoms with van der Waals surface area (Å²) in [6.07, 6.45) is 10.7. The van der Waals surface area contributed by atoms with E-state index >= 15 is 0 Å². The molecule has 1 fully saturated rings. The summed E-state index contributed by atoms with van der Waals surface area (Å²) in [7, 11) is 0. The molecule has 3 aliphatic carbocycles. The second-order valence-electron chi connectivity index (χ2n) is 8.41. The molecular weight excluding hydrogens is 316 g/mol. The van der Waals surface area contributed by atoms with E-state index in [4.69, 9.17) is 0 Å². The van der Waals surface area contributed by atoms with Crippen molar-refractivity contribution in [3.63, 3.8) is 0 Å². The average Bonchev–Trinajstić information content (AvgIpc) is 2.88. The zero-order chi connectivity index (χ0) is 18.2. The van der Waals surface area contributed by atoms with Crippen molar-refractivity contribution in [3.05, 3.63) is 34.9 Å². The number of hydrogen-bond donors (Lipinski definition) is 4. The van der Waals surface area contributed by atoms with Gasteiger partial charge in [0, 0.05) is 5.41 Å². The van der Waals surface area contributed by atoms with E-state index in [-0.39, 0.29) is 12.0 Å². The van der Waals surface area contributed by atoms with Gasteiger partial charge in [-0.15, -0.1) is 0 Å². The molecule has 0 unspecified atom stereocenters. The molecular formula is C21H32O4. The van der Waals surface area contributed by atoms with Gasteiger partial charge in [0.2, 0.25) is 0 Å². The maximum absolute atomic E-state index is 11.1. The molecule has 4 N–H and O–H groups in total. The van der Waals surface area contributed by atoms with Gasteiger partial charge < -0.3 is 20.4 Å². The summed E-state index contributed by atoms with van der Waals surface area (Å²) in [6.45, 7) is 3.79. The van der Waals surface area contributed by atoms with Crippen LogP contribution in [-0.2, 0) is 0 Å². The Bertz CT molecular complexity index is 605. The maximum Gasteiger partial charge on any atom is 0.106 e. The van der Waals surface area contributed by atoms with Crippen LogP contribution in [0.5, 0.6) is 0 Å². The van der Waals surface area contributed by atoms with E-state index in [0.717, 1.165) is 32.1 Å². The minimum absolute atomic E-state index is 0.193. The Morgan fingerprint density at radius 2 is 2.04 bits per heavy atom. The summed E-state index contributed by atoms with van der Waals surface area (Å²) < 4.78 is 0. The van der Waals surface area contributed by atoms with Crippen LogP contribution in [-0.4, -0.2) is 44.8 Å². The first-order valence-corrected chi connectivity index (χ1v) is 9.58. The zero-order valence-corrected chi connectivity index (χ0v) is 15.4. The second kappa shape index (κ2) is 6.99. The highest BCUT2D eigenvalue weighted by Gasteiger charge is 2.60. The van der Waals surface area contributed by atoms with Gasteiger partial charge in [-0.25, -0.2) is 0 Å². The molecule has 0 saturated heterocycles. The normalized spacial score (nSPS) is 40.3. The van der Waals surface area contributed by atoms with Crippen LogP contribution in [0.4, 0.5) is 0 Å². The summed E-state index contributed by atoms with van der Waals surface area (Å²) in [5.74, 6) is 0.193. The highest BCUT2D eigenvalue weighted by atomic mass is 16.4. The van der Waals surface area contributed by atoms with Crippen molar-refractivity contribution in [3.8, 4) is 0 Å². The van der Waals surface area contributed by atoms with Crippen molar-refractivity contribution in [2.75, 3.05) is 6.61 Å². The molecule has 1 saturated carbocycles. The molecule has 3 rings (SSSR count). The monoisotopic (exact) mass is 348 g/mol. The highest BCUT2D eigenvalue weighted by molar-refractivity contribution is 5.37. The van der Waals surface area contributed by atoms with Gasteiger partial charge in [0.05, 0.1) is 18.3 Å². The quantitative estimate of drug-likeness (QED) is 0.630. The van der Waals surface area contributed by atoms with E-state index in [1.807, 2.05) is 0 Å². The predicted molar refractivity (Wildman–Crippen MR) is 97.9 cm³/mol. The van der Waals surface area contributed by atoms with Crippen LogP contribution >= 0.6 is 0 Å². The Kier molecular flexibility index (Phi) is 5.27. The molecule has 3 aliphatic rings. The van der Waals surface area contributed by atoms with Crippen molar-refractivity contribution in [1.29, 1.82) is 0 Å². The lowest BCUT2D eigenvalue weighted by Crippen LogP contribution is -2.55. The lowest BCUT2D eigenvalue weighted by molar-refractivity contribution is -0.159. The Hall–Kier alpha value is -0.940. The van der Waals surface area contributed by atoms with Crippen LogP contribution in [0.15, 0.2) is 34.9 Å². The van der Waals surface area contributed by atoms with Crippen LogP contribution in [0.3, 0.4) is 0 Å². The van der Waals surface area contributed by atoms with Gasteiger partial charge in [0.1, 0.15) is 6.10 Å². The molecule has 0 aromatic heterocycles. The van der Waals surface area contributed by atoms with Crippen LogP contribution < -0.4 is 0 Å². The molecule has 0 aromatic rings. The Morgan fingerprint density at radius 3 is 2.76 bits per heavy atom. The number of aliphatic hydroxyl groups is 4. The van der Waals surface area contributed by atoms with E-state index in [9.17, 15) is 20.4 Å². The fourth-order valence-corrected chi connectivity index (χ4v) is 5.24. The van der Waals surface area contributed by atoms with Gasteiger partial charge in [-0.05, 0) is 68.9 Å². The first kappa shape index (κ1) is 18.8. The summed E-state index contributed by atoms with van der Waals surface area (Å²) in [5.41, 5.74) is 2.14. The molecule has 140 valence electrons. The summed E-state index contributed by atoms with van der Waals surface area (Å²) in [5, 5.41) is 40.7. The number of hydrogen-bond acceptors (Lipinski definition) is 4. The topological polar surface area (TPSA) is 80.9 Å². The van der Waals surface area contributed by atoms with Gasteiger partial charge in [-0.3, -0.25) is 0 Å². The number of rotatable bonds is 4. The number of aliphatic hydroxyl groups excluding tert-OH is 3. The van der Waals surface area contributed by atoms with E-state index < -0.39 is 23.7 Å². The largest absolute Gasteiger partial charge is 0.394 e. The fraction of sp³-hybridized carbons (Fsp3) is 0.714. The first-order chi connectivity index (χ1) is 11.8. The maximum atomic E-state index is 11.1. The fourth-order valence-electron chi connectivity index (χ4n) is 5.24. The van der Waals surface area contributed by atoms with E-state index in [1.165, 1.54) is 16.7 Å². The minimum atomic E-state index is -1.23. The molecule has 0 radical (unpaired) electrons. The highest BCUT2D eigenvalue weighted by Crippen LogP contribution is 2.59. The first-order valence-electron chi connectivity index (χ1n) is 9.58. The lowest BCUT2D eigenvalue weighted by Gasteiger charge is -2.47. The molecule has 0 aliphatic heterocycles. The van der Waals surface area contributed by atoms with Crippen LogP contribution in [0, 0.1) is 11.3 Å². The molecule has 0 heterocycles. The van der Waals surface area contributed by atoms with Gasteiger partial charge in [-0.1, -0.05) is 30.7 Å². The van der Waals surface area contributed by atoms with Gasteiger partial charge >= 0.3 is 0 Å². The third-order valence-corrected chi connectivity index (χ3v) is 7.08. The van der Waals surface area contributed by atoms with Crippen molar-refractivity contribution in [1.82, 2.24) is 0 Å². The lowest BCUT2D eigenvalue weighted by atomic mass is 9.61. The minimum Gasteiger partial charge on any atom is -0.394 e. The van der Waals surface area contributed by atoms with Gasteiger partial charge in [-0.2, -0.15) is 0 Å². The van der Waals surface area contributed by atoms with Crippen molar-refractivity contribution >= 4 is 0 Å². The third-order valence-electron chi connectivity index (χ3n) is 7.08. The molecule has 4 heteroatoms. The summed E-state index contributed by atoms with van der Waals surface area (Å²) in [6, 6.07) is 0. The van der Waals surface area contributed by atoms with Crippen molar-refractivity contribution in [2.45, 2.75) is 76.6 Å². The Morgan fingerprint density at radius 1 is 1.28 bits per heavy atom. The van der Waals surface area contributed by atoms with Crippen LogP contribution in [0.1, 0.15) is 58.8 Å². The molecule has 0 bridgehead atoms. The standard InChI is InChI=1S/C21H32O4/c1-14-5-8-17(23)12-16(14)7-6-15-4-3-10-20(2)18(15)9-11-21(20,25)19(24)13-22/h4,6-7,17-19,22-25H,3,5,8-13H2,1-2H3/t17-,18-,19+,20-,21-/m0/s1. The van der Waals surface area contributed by atoms with Crippen molar-refractivity contribution in [2.24, 2.45) is 11.3 Å². The van der Waals surface area contributed by atoms with Gasteiger partial charge in [0.25, 0.3) is 0 Å². The molecule has 5 atom stereocenters. The number of allylic oxidation sites excluding steroid dienone is 5. The second-order valence-corrected chi connectivity index (χ2v) is 8.41. The zero-order valence-electron chi connectivity index (χ0n) is 15.4. The molecule has 0 spiro atoms. The third kappa shape index (κ3) is 3.14. The van der Waals surface area contributed by atoms with Crippen LogP contribution in [0.2, 0.25) is 0 Å². The van der Waals surface area contributed by atoms with Gasteiger partial charge in [0.15, 0.2) is 0 Å². The summed E-state index contributed by atoms with van der Waals surface area (Å²) >= 11 is 0. The molecule has 4 nitrogen and oxygen atoms in total. The van der Waals surface area contributed by atoms with E-state index in [1.54, 1.807) is 0 Å². The van der Waals surface area contributed by atoms with Crippen LogP contribution in [0.25, 0.3) is 0 Å². The number of fused-ring (bicyclic) bond motifs is 1. The molecule has 0 amide bonds. The SMILES string of the molecule is CC1=C(C=CC2=CCC[C@@]3(C)[C@H]2CC[C@]3(O)[C@H](O)CO)C[C@@H](O)CC1. The Balaban J connectivity index is 1.83. The van der Waals surface area contributed by atoms with E-state index in [2.05, 4.69) is 32.1 Å². The smallest absolute Gasteiger partial charge is 0.106 e. The van der Waals surface area contributed by atoms with Crippen molar-refractivity contribution < 1.29 is 20.4 Å². The molecule has 25 heavy (non-hydrogen) atoms. The van der Waals surface area contributed by atoms with E-state index in [0.29, 0.717) is 12.8 Å². The molecule has 0 aromatic carbocycles. The average molecular weight is 348 g/mol. The Labute approximate surface area is 150 Å². The summed E-state index contributed by atoms with van der Waals surface area (Å²) in [4.78, 5) is 0.